The monoisotopic (exact) mass is 204 g/mol. The average Bonchev–Trinajstić information content (AvgIpc) is 2.42. The SMILES string of the molecule is O[C@@H]1C2OC[C@@H]2C[C@H]1Cc1ccccc1. The first-order valence-electron chi connectivity index (χ1n) is 5.68. The van der Waals surface area contributed by atoms with E-state index in [1.807, 2.05) is 6.07 Å². The fourth-order valence-electron chi connectivity index (χ4n) is 2.84. The molecule has 1 aliphatic carbocycles. The van der Waals surface area contributed by atoms with Gasteiger partial charge in [-0.3, -0.25) is 0 Å². The van der Waals surface area contributed by atoms with Crippen LogP contribution in [0.2, 0.25) is 0 Å². The lowest BCUT2D eigenvalue weighted by Crippen LogP contribution is -2.42. The van der Waals surface area contributed by atoms with Gasteiger partial charge in [0.1, 0.15) is 0 Å². The van der Waals surface area contributed by atoms with Gasteiger partial charge in [0.25, 0.3) is 0 Å². The zero-order valence-electron chi connectivity index (χ0n) is 8.67. The second-order valence-electron chi connectivity index (χ2n) is 4.73. The maximum absolute atomic E-state index is 10.0. The third-order valence-corrected chi connectivity index (χ3v) is 3.73. The number of hydrogen-bond acceptors (Lipinski definition) is 2. The molecule has 80 valence electrons. The Hall–Kier alpha value is -0.860. The third kappa shape index (κ3) is 1.58. The highest BCUT2D eigenvalue weighted by Gasteiger charge is 2.48. The van der Waals surface area contributed by atoms with Crippen molar-refractivity contribution in [2.75, 3.05) is 6.61 Å². The molecule has 1 aromatic rings. The Morgan fingerprint density at radius 1 is 1.27 bits per heavy atom. The van der Waals surface area contributed by atoms with Gasteiger partial charge in [0.2, 0.25) is 0 Å². The van der Waals surface area contributed by atoms with Crippen molar-refractivity contribution in [3.8, 4) is 0 Å². The van der Waals surface area contributed by atoms with Gasteiger partial charge in [0.05, 0.1) is 18.8 Å². The first-order chi connectivity index (χ1) is 7.34. The predicted octanol–water partition coefficient (Wildman–Crippen LogP) is 1.62. The molecule has 0 aromatic heterocycles. The first kappa shape index (κ1) is 9.37. The molecule has 3 rings (SSSR count). The van der Waals surface area contributed by atoms with Crippen LogP contribution in [0, 0.1) is 11.8 Å². The molecule has 0 spiro atoms. The van der Waals surface area contributed by atoms with E-state index in [2.05, 4.69) is 24.3 Å². The number of aliphatic hydroxyl groups is 1. The molecule has 1 unspecified atom stereocenters. The van der Waals surface area contributed by atoms with E-state index in [0.29, 0.717) is 11.8 Å². The van der Waals surface area contributed by atoms with Gasteiger partial charge >= 0.3 is 0 Å². The van der Waals surface area contributed by atoms with E-state index in [-0.39, 0.29) is 12.2 Å². The number of ether oxygens (including phenoxy) is 1. The highest BCUT2D eigenvalue weighted by molar-refractivity contribution is 5.16. The summed E-state index contributed by atoms with van der Waals surface area (Å²) in [6.07, 6.45) is 2.00. The van der Waals surface area contributed by atoms with Crippen LogP contribution in [-0.4, -0.2) is 23.9 Å². The number of fused-ring (bicyclic) bond motifs is 1. The molecule has 0 bridgehead atoms. The van der Waals surface area contributed by atoms with Gasteiger partial charge < -0.3 is 9.84 Å². The minimum absolute atomic E-state index is 0.138. The van der Waals surface area contributed by atoms with Crippen molar-refractivity contribution in [1.29, 1.82) is 0 Å². The highest BCUT2D eigenvalue weighted by Crippen LogP contribution is 2.41. The molecule has 4 atom stereocenters. The Kier molecular flexibility index (Phi) is 2.26. The fraction of sp³-hybridized carbons (Fsp3) is 0.538. The zero-order chi connectivity index (χ0) is 10.3. The standard InChI is InChI=1S/C13H16O2/c14-12-10(7-11-8-15-13(11)12)6-9-4-2-1-3-5-9/h1-5,10-14H,6-8H2/t10-,11+,12+,13?/m1/s1. The molecular weight excluding hydrogens is 188 g/mol. The van der Waals surface area contributed by atoms with Gasteiger partial charge in [0.15, 0.2) is 0 Å². The minimum Gasteiger partial charge on any atom is -0.390 e. The van der Waals surface area contributed by atoms with E-state index >= 15 is 0 Å². The molecule has 1 heterocycles. The van der Waals surface area contributed by atoms with Crippen LogP contribution in [0.3, 0.4) is 0 Å². The summed E-state index contributed by atoms with van der Waals surface area (Å²) >= 11 is 0. The summed E-state index contributed by atoms with van der Waals surface area (Å²) in [6, 6.07) is 10.4. The Balaban J connectivity index is 1.69. The molecule has 1 saturated carbocycles. The lowest BCUT2D eigenvalue weighted by molar-refractivity contribution is -0.138. The molecule has 1 N–H and O–H groups in total. The average molecular weight is 204 g/mol. The lowest BCUT2D eigenvalue weighted by atomic mass is 9.96. The minimum atomic E-state index is -0.246. The molecule has 0 amide bonds. The van der Waals surface area contributed by atoms with E-state index in [9.17, 15) is 5.11 Å². The maximum Gasteiger partial charge on any atom is 0.0887 e. The van der Waals surface area contributed by atoms with Crippen molar-refractivity contribution >= 4 is 0 Å². The Labute approximate surface area is 89.9 Å². The topological polar surface area (TPSA) is 29.5 Å². The zero-order valence-corrected chi connectivity index (χ0v) is 8.67. The van der Waals surface area contributed by atoms with E-state index in [0.717, 1.165) is 19.4 Å². The molecule has 1 aliphatic heterocycles. The van der Waals surface area contributed by atoms with Gasteiger partial charge in [-0.25, -0.2) is 0 Å². The van der Waals surface area contributed by atoms with Crippen LogP contribution in [0.25, 0.3) is 0 Å². The van der Waals surface area contributed by atoms with Crippen molar-refractivity contribution in [3.63, 3.8) is 0 Å². The van der Waals surface area contributed by atoms with Gasteiger partial charge in [-0.15, -0.1) is 0 Å². The number of rotatable bonds is 2. The fourth-order valence-corrected chi connectivity index (χ4v) is 2.84. The van der Waals surface area contributed by atoms with Gasteiger partial charge in [-0.05, 0) is 24.3 Å². The summed E-state index contributed by atoms with van der Waals surface area (Å²) in [5, 5.41) is 10.0. The molecule has 2 aliphatic rings. The van der Waals surface area contributed by atoms with Crippen molar-refractivity contribution in [3.05, 3.63) is 35.9 Å². The largest absolute Gasteiger partial charge is 0.390 e. The summed E-state index contributed by atoms with van der Waals surface area (Å²) in [5.41, 5.74) is 1.32. The van der Waals surface area contributed by atoms with Crippen LogP contribution in [0.15, 0.2) is 30.3 Å². The number of benzene rings is 1. The normalized spacial score (nSPS) is 38.5. The van der Waals surface area contributed by atoms with E-state index in [4.69, 9.17) is 4.74 Å². The third-order valence-electron chi connectivity index (χ3n) is 3.73. The first-order valence-corrected chi connectivity index (χ1v) is 5.68. The predicted molar refractivity (Wildman–Crippen MR) is 57.5 cm³/mol. The van der Waals surface area contributed by atoms with Crippen LogP contribution in [0.5, 0.6) is 0 Å². The van der Waals surface area contributed by atoms with Gasteiger partial charge in [0, 0.05) is 5.92 Å². The number of aliphatic hydroxyl groups excluding tert-OH is 1. The van der Waals surface area contributed by atoms with Crippen LogP contribution in [-0.2, 0) is 11.2 Å². The lowest BCUT2D eigenvalue weighted by Gasteiger charge is -2.32. The van der Waals surface area contributed by atoms with Crippen molar-refractivity contribution in [2.45, 2.75) is 25.0 Å². The molecule has 2 nitrogen and oxygen atoms in total. The number of hydrogen-bond donors (Lipinski definition) is 1. The molecular formula is C13H16O2. The summed E-state index contributed by atoms with van der Waals surface area (Å²) in [4.78, 5) is 0. The molecule has 2 fully saturated rings. The van der Waals surface area contributed by atoms with Crippen LogP contribution in [0.1, 0.15) is 12.0 Å². The molecule has 1 aromatic carbocycles. The summed E-state index contributed by atoms with van der Waals surface area (Å²) in [6.45, 7) is 0.854. The Morgan fingerprint density at radius 3 is 2.60 bits per heavy atom. The van der Waals surface area contributed by atoms with Crippen LogP contribution in [0.4, 0.5) is 0 Å². The Morgan fingerprint density at radius 2 is 2.07 bits per heavy atom. The van der Waals surface area contributed by atoms with E-state index in [1.54, 1.807) is 0 Å². The molecule has 1 saturated heterocycles. The molecule has 2 heteroatoms. The summed E-state index contributed by atoms with van der Waals surface area (Å²) in [7, 11) is 0. The second kappa shape index (κ2) is 3.62. The Bertz CT molecular complexity index is 336. The molecule has 0 radical (unpaired) electrons. The summed E-state index contributed by atoms with van der Waals surface area (Å²) in [5.74, 6) is 1.01. The summed E-state index contributed by atoms with van der Waals surface area (Å²) < 4.78 is 5.38. The van der Waals surface area contributed by atoms with Crippen molar-refractivity contribution in [1.82, 2.24) is 0 Å². The van der Waals surface area contributed by atoms with Crippen molar-refractivity contribution in [2.24, 2.45) is 11.8 Å². The molecule has 15 heavy (non-hydrogen) atoms. The quantitative estimate of drug-likeness (QED) is 0.793. The van der Waals surface area contributed by atoms with E-state index < -0.39 is 0 Å². The van der Waals surface area contributed by atoms with Crippen molar-refractivity contribution < 1.29 is 9.84 Å². The van der Waals surface area contributed by atoms with Crippen LogP contribution < -0.4 is 0 Å². The van der Waals surface area contributed by atoms with Gasteiger partial charge in [-0.2, -0.15) is 0 Å². The van der Waals surface area contributed by atoms with Crippen LogP contribution >= 0.6 is 0 Å². The smallest absolute Gasteiger partial charge is 0.0887 e. The van der Waals surface area contributed by atoms with Gasteiger partial charge in [-0.1, -0.05) is 30.3 Å². The van der Waals surface area contributed by atoms with E-state index in [1.165, 1.54) is 5.56 Å². The maximum atomic E-state index is 10.0. The second-order valence-corrected chi connectivity index (χ2v) is 4.73. The highest BCUT2D eigenvalue weighted by atomic mass is 16.5.